The second kappa shape index (κ2) is 11.0. The summed E-state index contributed by atoms with van der Waals surface area (Å²) >= 11 is 3.57. The van der Waals surface area contributed by atoms with Crippen LogP contribution in [0.1, 0.15) is 71.2 Å². The number of halogens is 1. The normalized spacial score (nSPS) is 17.8. The molecular formula is C33H31BrN4. The summed E-state index contributed by atoms with van der Waals surface area (Å²) in [7, 11) is 0. The SMILES string of the molecule is BrCc1ccc([C@H]2CCCC[C@@H]2c2nnn(C(c3ccccc3)(c3ccccc3)c3ccccc3)n2)cc1. The minimum absolute atomic E-state index is 0.243. The molecule has 5 heteroatoms. The van der Waals surface area contributed by atoms with Gasteiger partial charge in [0.15, 0.2) is 11.4 Å². The average Bonchev–Trinajstić information content (AvgIpc) is 3.50. The largest absolute Gasteiger partial charge is 0.178 e. The van der Waals surface area contributed by atoms with Gasteiger partial charge in [-0.05, 0) is 51.8 Å². The molecule has 5 aromatic rings. The molecule has 0 N–H and O–H groups in total. The third kappa shape index (κ3) is 4.49. The van der Waals surface area contributed by atoms with Gasteiger partial charge < -0.3 is 0 Å². The Morgan fingerprint density at radius 2 is 1.16 bits per heavy atom. The first-order valence-electron chi connectivity index (χ1n) is 13.4. The molecule has 1 heterocycles. The summed E-state index contributed by atoms with van der Waals surface area (Å²) in [5, 5.41) is 15.7. The fourth-order valence-electron chi connectivity index (χ4n) is 6.09. The van der Waals surface area contributed by atoms with Gasteiger partial charge in [-0.2, -0.15) is 0 Å². The first-order chi connectivity index (χ1) is 18.8. The zero-order valence-electron chi connectivity index (χ0n) is 21.3. The minimum Gasteiger partial charge on any atom is -0.144 e. The maximum absolute atomic E-state index is 5.23. The zero-order valence-corrected chi connectivity index (χ0v) is 22.9. The number of hydrogen-bond donors (Lipinski definition) is 0. The molecule has 1 saturated carbocycles. The van der Waals surface area contributed by atoms with Gasteiger partial charge in [0.05, 0.1) is 0 Å². The Bertz CT molecular complexity index is 1350. The van der Waals surface area contributed by atoms with E-state index in [0.29, 0.717) is 5.92 Å². The summed E-state index contributed by atoms with van der Waals surface area (Å²) in [4.78, 5) is 1.86. The number of hydrogen-bond acceptors (Lipinski definition) is 3. The fraction of sp³-hybridized carbons (Fsp3) is 0.242. The van der Waals surface area contributed by atoms with Crippen molar-refractivity contribution in [2.24, 2.45) is 0 Å². The van der Waals surface area contributed by atoms with Crippen LogP contribution in [0.4, 0.5) is 0 Å². The predicted molar refractivity (Wildman–Crippen MR) is 155 cm³/mol. The molecule has 1 aromatic heterocycles. The van der Waals surface area contributed by atoms with E-state index in [9.17, 15) is 0 Å². The Labute approximate surface area is 232 Å². The molecule has 1 fully saturated rings. The molecule has 0 saturated heterocycles. The van der Waals surface area contributed by atoms with Crippen molar-refractivity contribution in [3.8, 4) is 0 Å². The van der Waals surface area contributed by atoms with E-state index >= 15 is 0 Å². The molecule has 0 unspecified atom stereocenters. The topological polar surface area (TPSA) is 43.6 Å². The molecule has 1 aliphatic rings. The number of nitrogens with zero attached hydrogens (tertiary/aromatic N) is 4. The highest BCUT2D eigenvalue weighted by Crippen LogP contribution is 2.44. The molecule has 2 atom stereocenters. The van der Waals surface area contributed by atoms with E-state index in [-0.39, 0.29) is 5.92 Å². The first kappa shape index (κ1) is 24.7. The van der Waals surface area contributed by atoms with E-state index in [2.05, 4.69) is 131 Å². The number of aromatic nitrogens is 4. The molecule has 6 rings (SSSR count). The highest BCUT2D eigenvalue weighted by molar-refractivity contribution is 9.08. The van der Waals surface area contributed by atoms with Crippen LogP contribution in [0.3, 0.4) is 0 Å². The monoisotopic (exact) mass is 562 g/mol. The van der Waals surface area contributed by atoms with Crippen LogP contribution in [-0.4, -0.2) is 20.2 Å². The fourth-order valence-corrected chi connectivity index (χ4v) is 6.47. The van der Waals surface area contributed by atoms with Crippen LogP contribution >= 0.6 is 15.9 Å². The smallest absolute Gasteiger partial charge is 0.144 e. The van der Waals surface area contributed by atoms with Gasteiger partial charge in [0, 0.05) is 11.2 Å². The van der Waals surface area contributed by atoms with Gasteiger partial charge in [0.1, 0.15) is 0 Å². The Hall–Kier alpha value is -3.57. The number of rotatable bonds is 7. The van der Waals surface area contributed by atoms with Crippen molar-refractivity contribution in [1.29, 1.82) is 0 Å². The van der Waals surface area contributed by atoms with Gasteiger partial charge in [-0.3, -0.25) is 0 Å². The molecule has 0 spiro atoms. The summed E-state index contributed by atoms with van der Waals surface area (Å²) < 4.78 is 0. The number of tetrazole rings is 1. The van der Waals surface area contributed by atoms with Crippen molar-refractivity contribution >= 4 is 15.9 Å². The van der Waals surface area contributed by atoms with Crippen LogP contribution in [0.2, 0.25) is 0 Å². The summed E-state index contributed by atoms with van der Waals surface area (Å²) in [6.07, 6.45) is 4.65. The third-order valence-corrected chi connectivity index (χ3v) is 8.61. The highest BCUT2D eigenvalue weighted by atomic mass is 79.9. The van der Waals surface area contributed by atoms with Crippen LogP contribution in [0, 0.1) is 0 Å². The number of alkyl halides is 1. The van der Waals surface area contributed by atoms with E-state index in [1.807, 2.05) is 4.80 Å². The first-order valence-corrected chi connectivity index (χ1v) is 14.5. The summed E-state index contributed by atoms with van der Waals surface area (Å²) in [5.41, 5.74) is 5.24. The summed E-state index contributed by atoms with van der Waals surface area (Å²) in [6, 6.07) is 40.7. The van der Waals surface area contributed by atoms with Crippen molar-refractivity contribution in [2.75, 3.05) is 0 Å². The van der Waals surface area contributed by atoms with Crippen LogP contribution < -0.4 is 0 Å². The molecule has 0 amide bonds. The predicted octanol–water partition coefficient (Wildman–Crippen LogP) is 7.85. The molecule has 4 nitrogen and oxygen atoms in total. The summed E-state index contributed by atoms with van der Waals surface area (Å²) in [6.45, 7) is 0. The van der Waals surface area contributed by atoms with Crippen molar-refractivity contribution in [2.45, 2.75) is 48.4 Å². The minimum atomic E-state index is -0.739. The maximum atomic E-state index is 5.23. The van der Waals surface area contributed by atoms with E-state index in [4.69, 9.17) is 15.4 Å². The molecular weight excluding hydrogens is 532 g/mol. The standard InChI is InChI=1S/C33H31BrN4/c34-24-25-20-22-26(23-21-25)30-18-10-11-19-31(30)32-35-37-38(36-32)33(27-12-4-1-5-13-27,28-14-6-2-7-15-28)29-16-8-3-9-17-29/h1-9,12-17,20-23,30-31H,10-11,18-19,24H2/t30-,31+/m1/s1. The van der Waals surface area contributed by atoms with Crippen LogP contribution in [0.15, 0.2) is 115 Å². The zero-order chi connectivity index (χ0) is 25.8. The second-order valence-electron chi connectivity index (χ2n) is 10.1. The lowest BCUT2D eigenvalue weighted by Gasteiger charge is -2.34. The van der Waals surface area contributed by atoms with Crippen LogP contribution in [0.5, 0.6) is 0 Å². The van der Waals surface area contributed by atoms with Gasteiger partial charge in [-0.1, -0.05) is 144 Å². The second-order valence-corrected chi connectivity index (χ2v) is 10.7. The lowest BCUT2D eigenvalue weighted by Crippen LogP contribution is -2.39. The van der Waals surface area contributed by atoms with Gasteiger partial charge in [-0.15, -0.1) is 15.0 Å². The molecule has 0 aliphatic heterocycles. The molecule has 0 bridgehead atoms. The van der Waals surface area contributed by atoms with Crippen molar-refractivity contribution in [3.63, 3.8) is 0 Å². The Morgan fingerprint density at radius 3 is 1.66 bits per heavy atom. The molecule has 38 heavy (non-hydrogen) atoms. The highest BCUT2D eigenvalue weighted by Gasteiger charge is 2.42. The van der Waals surface area contributed by atoms with E-state index in [0.717, 1.165) is 40.7 Å². The third-order valence-electron chi connectivity index (χ3n) is 7.96. The lowest BCUT2D eigenvalue weighted by molar-refractivity contribution is 0.363. The quantitative estimate of drug-likeness (QED) is 0.150. The van der Waals surface area contributed by atoms with E-state index in [1.54, 1.807) is 0 Å². The molecule has 1 aliphatic carbocycles. The van der Waals surface area contributed by atoms with Gasteiger partial charge in [0.25, 0.3) is 0 Å². The Morgan fingerprint density at radius 1 is 0.658 bits per heavy atom. The molecule has 0 radical (unpaired) electrons. The Kier molecular flexibility index (Phi) is 7.19. The molecule has 190 valence electrons. The van der Waals surface area contributed by atoms with Crippen molar-refractivity contribution < 1.29 is 0 Å². The van der Waals surface area contributed by atoms with Gasteiger partial charge in [-0.25, -0.2) is 0 Å². The Balaban J connectivity index is 1.50. The van der Waals surface area contributed by atoms with Crippen molar-refractivity contribution in [1.82, 2.24) is 20.2 Å². The average molecular weight is 564 g/mol. The molecule has 4 aromatic carbocycles. The van der Waals surface area contributed by atoms with E-state index < -0.39 is 5.54 Å². The van der Waals surface area contributed by atoms with Crippen LogP contribution in [-0.2, 0) is 10.9 Å². The lowest BCUT2D eigenvalue weighted by atomic mass is 9.75. The van der Waals surface area contributed by atoms with Crippen molar-refractivity contribution in [3.05, 3.63) is 149 Å². The number of benzene rings is 4. The maximum Gasteiger partial charge on any atom is 0.178 e. The van der Waals surface area contributed by atoms with E-state index in [1.165, 1.54) is 24.0 Å². The van der Waals surface area contributed by atoms with Gasteiger partial charge >= 0.3 is 0 Å². The van der Waals surface area contributed by atoms with Crippen LogP contribution in [0.25, 0.3) is 0 Å². The van der Waals surface area contributed by atoms with Gasteiger partial charge in [0.2, 0.25) is 0 Å². The summed E-state index contributed by atoms with van der Waals surface area (Å²) in [5.74, 6) is 1.48.